The number of morpholine rings is 1. The molecule has 1 aliphatic heterocycles. The molecule has 3 rings (SSSR count). The van der Waals surface area contributed by atoms with Crippen molar-refractivity contribution in [3.05, 3.63) is 23.7 Å². The van der Waals surface area contributed by atoms with E-state index in [9.17, 15) is 4.79 Å². The highest BCUT2D eigenvalue weighted by atomic mass is 127. The second-order valence-corrected chi connectivity index (χ2v) is 7.29. The number of hydrogen-bond donors (Lipinski definition) is 3. The number of carbonyl (C=O) groups is 1. The zero-order valence-electron chi connectivity index (χ0n) is 16.5. The lowest BCUT2D eigenvalue weighted by molar-refractivity contribution is -0.0352. The first-order chi connectivity index (χ1) is 13.1. The number of primary amides is 1. The second-order valence-electron chi connectivity index (χ2n) is 7.29. The van der Waals surface area contributed by atoms with Crippen molar-refractivity contribution in [3.8, 4) is 0 Å². The molecule has 1 aromatic rings. The number of halogens is 1. The molecule has 8 nitrogen and oxygen atoms in total. The van der Waals surface area contributed by atoms with Gasteiger partial charge >= 0.3 is 0 Å². The average Bonchev–Trinajstić information content (AvgIpc) is 3.19. The van der Waals surface area contributed by atoms with Crippen molar-refractivity contribution in [2.75, 3.05) is 39.9 Å². The number of nitrogens with one attached hydrogen (secondary N) is 2. The zero-order chi connectivity index (χ0) is 19.1. The summed E-state index contributed by atoms with van der Waals surface area (Å²) in [4.78, 5) is 18.1. The number of aliphatic imine (C=N–C) groups is 1. The average molecular weight is 505 g/mol. The monoisotopic (exact) mass is 505 g/mol. The van der Waals surface area contributed by atoms with E-state index < -0.39 is 5.91 Å². The van der Waals surface area contributed by atoms with Crippen molar-refractivity contribution >= 4 is 35.8 Å². The van der Waals surface area contributed by atoms with Crippen LogP contribution in [0, 0.1) is 0 Å². The van der Waals surface area contributed by atoms with Crippen LogP contribution in [0.2, 0.25) is 0 Å². The number of guanidine groups is 1. The molecule has 0 spiro atoms. The quantitative estimate of drug-likeness (QED) is 0.309. The number of amides is 1. The Labute approximate surface area is 183 Å². The van der Waals surface area contributed by atoms with Gasteiger partial charge in [0.2, 0.25) is 0 Å². The Morgan fingerprint density at radius 3 is 2.54 bits per heavy atom. The predicted molar refractivity (Wildman–Crippen MR) is 119 cm³/mol. The first kappa shape index (κ1) is 23.0. The third-order valence-corrected chi connectivity index (χ3v) is 5.61. The van der Waals surface area contributed by atoms with E-state index in [0.29, 0.717) is 12.3 Å². The summed E-state index contributed by atoms with van der Waals surface area (Å²) in [6, 6.07) is 3.34. The topological polar surface area (TPSA) is 105 Å². The van der Waals surface area contributed by atoms with Crippen LogP contribution in [0.1, 0.15) is 48.4 Å². The summed E-state index contributed by atoms with van der Waals surface area (Å²) in [5.74, 6) is 0.981. The van der Waals surface area contributed by atoms with Crippen LogP contribution in [0.15, 0.2) is 21.5 Å². The minimum atomic E-state index is -0.562. The number of ether oxygens (including phenoxy) is 1. The molecule has 1 saturated heterocycles. The molecule has 28 heavy (non-hydrogen) atoms. The number of furan rings is 1. The standard InChI is InChI=1S/C19H31N5O3.HI/c1-21-18(22-13-15-5-6-16(27-15)17(20)25)23-14-19(7-3-2-4-8-19)24-9-11-26-12-10-24;/h5-6H,2-4,7-14H2,1H3,(H2,20,25)(H2,21,22,23);1H. The van der Waals surface area contributed by atoms with E-state index in [4.69, 9.17) is 14.9 Å². The summed E-state index contributed by atoms with van der Waals surface area (Å²) in [5.41, 5.74) is 5.39. The largest absolute Gasteiger partial charge is 0.454 e. The molecular weight excluding hydrogens is 473 g/mol. The maximum atomic E-state index is 11.1. The lowest BCUT2D eigenvalue weighted by Gasteiger charge is -2.48. The molecule has 0 bridgehead atoms. The van der Waals surface area contributed by atoms with Crippen LogP contribution < -0.4 is 16.4 Å². The van der Waals surface area contributed by atoms with Crippen molar-refractivity contribution < 1.29 is 13.9 Å². The van der Waals surface area contributed by atoms with E-state index in [2.05, 4.69) is 20.5 Å². The maximum absolute atomic E-state index is 11.1. The molecule has 0 aromatic carbocycles. The first-order valence-electron chi connectivity index (χ1n) is 9.79. The van der Waals surface area contributed by atoms with Gasteiger partial charge in [0.25, 0.3) is 5.91 Å². The second kappa shape index (κ2) is 11.0. The fourth-order valence-corrected chi connectivity index (χ4v) is 4.10. The van der Waals surface area contributed by atoms with Gasteiger partial charge in [0.1, 0.15) is 5.76 Å². The normalized spacial score (nSPS) is 20.2. The maximum Gasteiger partial charge on any atom is 0.284 e. The van der Waals surface area contributed by atoms with Gasteiger partial charge in [0.15, 0.2) is 11.7 Å². The smallest absolute Gasteiger partial charge is 0.284 e. The molecule has 9 heteroatoms. The Morgan fingerprint density at radius 1 is 1.21 bits per heavy atom. The van der Waals surface area contributed by atoms with Crippen molar-refractivity contribution in [1.82, 2.24) is 15.5 Å². The molecule has 0 atom stereocenters. The van der Waals surface area contributed by atoms with Crippen LogP contribution in [-0.4, -0.2) is 62.2 Å². The van der Waals surface area contributed by atoms with Gasteiger partial charge in [-0.05, 0) is 25.0 Å². The predicted octanol–water partition coefficient (Wildman–Crippen LogP) is 1.70. The Kier molecular flexibility index (Phi) is 9.03. The molecule has 1 amide bonds. The molecule has 1 aliphatic carbocycles. The van der Waals surface area contributed by atoms with Crippen LogP contribution in [-0.2, 0) is 11.3 Å². The molecule has 0 radical (unpaired) electrons. The van der Waals surface area contributed by atoms with Crippen LogP contribution >= 0.6 is 24.0 Å². The Bertz CT molecular complexity index is 652. The van der Waals surface area contributed by atoms with Gasteiger partial charge in [-0.1, -0.05) is 19.3 Å². The summed E-state index contributed by atoms with van der Waals surface area (Å²) in [5, 5.41) is 6.75. The van der Waals surface area contributed by atoms with Gasteiger partial charge in [-0.2, -0.15) is 0 Å². The molecule has 2 fully saturated rings. The number of rotatable bonds is 6. The van der Waals surface area contributed by atoms with E-state index in [-0.39, 0.29) is 35.3 Å². The lowest BCUT2D eigenvalue weighted by Crippen LogP contribution is -2.60. The molecule has 158 valence electrons. The third-order valence-electron chi connectivity index (χ3n) is 5.61. The molecule has 1 saturated carbocycles. The minimum Gasteiger partial charge on any atom is -0.454 e. The number of nitrogens with zero attached hydrogens (tertiary/aromatic N) is 2. The summed E-state index contributed by atoms with van der Waals surface area (Å²) in [7, 11) is 1.76. The van der Waals surface area contributed by atoms with Gasteiger partial charge in [0.05, 0.1) is 19.8 Å². The number of hydrogen-bond acceptors (Lipinski definition) is 5. The van der Waals surface area contributed by atoms with E-state index >= 15 is 0 Å². The molecule has 2 aliphatic rings. The highest BCUT2D eigenvalue weighted by molar-refractivity contribution is 14.0. The fraction of sp³-hybridized carbons (Fsp3) is 0.684. The third kappa shape index (κ3) is 5.84. The molecule has 0 unspecified atom stereocenters. The van der Waals surface area contributed by atoms with Gasteiger partial charge in [-0.15, -0.1) is 24.0 Å². The van der Waals surface area contributed by atoms with Crippen molar-refractivity contribution in [3.63, 3.8) is 0 Å². The van der Waals surface area contributed by atoms with Crippen molar-refractivity contribution in [2.45, 2.75) is 44.2 Å². The van der Waals surface area contributed by atoms with E-state index in [0.717, 1.165) is 38.8 Å². The van der Waals surface area contributed by atoms with Crippen LogP contribution in [0.5, 0.6) is 0 Å². The summed E-state index contributed by atoms with van der Waals surface area (Å²) in [6.45, 7) is 4.92. The zero-order valence-corrected chi connectivity index (χ0v) is 18.9. The van der Waals surface area contributed by atoms with Gasteiger partial charge < -0.3 is 25.5 Å². The van der Waals surface area contributed by atoms with Crippen molar-refractivity contribution in [2.24, 2.45) is 10.7 Å². The fourth-order valence-electron chi connectivity index (χ4n) is 4.10. The molecule has 1 aromatic heterocycles. The molecule has 2 heterocycles. The molecular formula is C19H32IN5O3. The Balaban J connectivity index is 0.00000280. The number of carbonyl (C=O) groups excluding carboxylic acids is 1. The van der Waals surface area contributed by atoms with Crippen molar-refractivity contribution in [1.29, 1.82) is 0 Å². The van der Waals surface area contributed by atoms with Crippen LogP contribution in [0.3, 0.4) is 0 Å². The summed E-state index contributed by atoms with van der Waals surface area (Å²) in [6.07, 6.45) is 6.27. The summed E-state index contributed by atoms with van der Waals surface area (Å²) < 4.78 is 11.0. The Morgan fingerprint density at radius 2 is 1.93 bits per heavy atom. The van der Waals surface area contributed by atoms with Crippen LogP contribution in [0.25, 0.3) is 0 Å². The first-order valence-corrected chi connectivity index (χ1v) is 9.79. The minimum absolute atomic E-state index is 0. The van der Waals surface area contributed by atoms with E-state index in [1.807, 2.05) is 0 Å². The van der Waals surface area contributed by atoms with Gasteiger partial charge in [0, 0.05) is 32.2 Å². The number of nitrogens with two attached hydrogens (primary N) is 1. The van der Waals surface area contributed by atoms with Gasteiger partial charge in [-0.25, -0.2) is 0 Å². The lowest BCUT2D eigenvalue weighted by atomic mass is 9.80. The Hall–Kier alpha value is -1.33. The van der Waals surface area contributed by atoms with Crippen LogP contribution in [0.4, 0.5) is 0 Å². The highest BCUT2D eigenvalue weighted by Gasteiger charge is 2.38. The summed E-state index contributed by atoms with van der Waals surface area (Å²) >= 11 is 0. The SMILES string of the molecule is CN=C(NCc1ccc(C(N)=O)o1)NCC1(N2CCOCC2)CCCCC1.I. The highest BCUT2D eigenvalue weighted by Crippen LogP contribution is 2.33. The van der Waals surface area contributed by atoms with E-state index in [1.165, 1.54) is 32.1 Å². The molecule has 4 N–H and O–H groups in total. The van der Waals surface area contributed by atoms with E-state index in [1.54, 1.807) is 19.2 Å². The van der Waals surface area contributed by atoms with Gasteiger partial charge in [-0.3, -0.25) is 14.7 Å².